The lowest BCUT2D eigenvalue weighted by atomic mass is 10.1. The van der Waals surface area contributed by atoms with Crippen LogP contribution in [0.25, 0.3) is 0 Å². The maximum atomic E-state index is 12.1. The van der Waals surface area contributed by atoms with Gasteiger partial charge in [0, 0.05) is 26.1 Å². The summed E-state index contributed by atoms with van der Waals surface area (Å²) in [5, 5.41) is 8.67. The number of carbonyl (C=O) groups excluding carboxylic acids is 2. The molecule has 0 aliphatic carbocycles. The second-order valence-electron chi connectivity index (χ2n) is 5.01. The van der Waals surface area contributed by atoms with Crippen LogP contribution >= 0.6 is 0 Å². The minimum Gasteiger partial charge on any atom is -0.480 e. The van der Waals surface area contributed by atoms with Gasteiger partial charge in [-0.2, -0.15) is 0 Å². The van der Waals surface area contributed by atoms with Crippen LogP contribution in [-0.2, 0) is 14.4 Å². The van der Waals surface area contributed by atoms with Crippen LogP contribution < -0.4 is 0 Å². The Kier molecular flexibility index (Phi) is 5.32. The molecule has 1 saturated heterocycles. The number of likely N-dealkylation sites (N-methyl/N-ethyl adjacent to an activating group) is 1. The third kappa shape index (κ3) is 3.68. The number of carboxylic acid groups (broad SMARTS) is 1. The van der Waals surface area contributed by atoms with E-state index in [0.717, 1.165) is 12.8 Å². The summed E-state index contributed by atoms with van der Waals surface area (Å²) in [6, 6.07) is 0.176. The minimum absolute atomic E-state index is 0.00391. The van der Waals surface area contributed by atoms with Crippen LogP contribution in [0, 0.1) is 5.92 Å². The lowest BCUT2D eigenvalue weighted by molar-refractivity contribution is -0.145. The van der Waals surface area contributed by atoms with Crippen molar-refractivity contribution in [2.24, 2.45) is 5.92 Å². The monoisotopic (exact) mass is 270 g/mol. The zero-order chi connectivity index (χ0) is 14.6. The number of carboxylic acids is 1. The lowest BCUT2D eigenvalue weighted by Gasteiger charge is -2.26. The van der Waals surface area contributed by atoms with Gasteiger partial charge in [0.15, 0.2) is 0 Å². The molecule has 0 radical (unpaired) electrons. The van der Waals surface area contributed by atoms with Gasteiger partial charge in [-0.05, 0) is 12.8 Å². The molecule has 0 aromatic rings. The van der Waals surface area contributed by atoms with Crippen LogP contribution in [0.3, 0.4) is 0 Å². The molecule has 1 unspecified atom stereocenters. The van der Waals surface area contributed by atoms with Crippen molar-refractivity contribution in [2.75, 3.05) is 20.1 Å². The zero-order valence-electron chi connectivity index (χ0n) is 11.8. The van der Waals surface area contributed by atoms with E-state index in [4.69, 9.17) is 5.11 Å². The predicted molar refractivity (Wildman–Crippen MR) is 69.5 cm³/mol. The van der Waals surface area contributed by atoms with Gasteiger partial charge in [0.2, 0.25) is 11.8 Å². The quantitative estimate of drug-likeness (QED) is 0.765. The molecule has 0 aromatic heterocycles. The molecule has 1 atom stereocenters. The van der Waals surface area contributed by atoms with Crippen molar-refractivity contribution >= 4 is 17.8 Å². The summed E-state index contributed by atoms with van der Waals surface area (Å²) in [6.45, 7) is 4.13. The van der Waals surface area contributed by atoms with Gasteiger partial charge in [0.05, 0.1) is 5.92 Å². The molecule has 1 N–H and O–H groups in total. The Morgan fingerprint density at radius 1 is 1.42 bits per heavy atom. The topological polar surface area (TPSA) is 77.9 Å². The van der Waals surface area contributed by atoms with Gasteiger partial charge in [0.1, 0.15) is 6.54 Å². The molecule has 2 amide bonds. The van der Waals surface area contributed by atoms with E-state index in [0.29, 0.717) is 6.54 Å². The summed E-state index contributed by atoms with van der Waals surface area (Å²) in [5.41, 5.74) is 0. The SMILES string of the molecule is CCC(CC)N1CC(C(=O)N(C)CC(=O)O)CC1=O. The molecule has 6 nitrogen and oxygen atoms in total. The Morgan fingerprint density at radius 3 is 2.47 bits per heavy atom. The Labute approximate surface area is 113 Å². The molecule has 1 heterocycles. The van der Waals surface area contributed by atoms with Crippen molar-refractivity contribution in [3.63, 3.8) is 0 Å². The standard InChI is InChI=1S/C13H22N2O4/c1-4-10(5-2)15-7-9(6-11(15)16)13(19)14(3)8-12(17)18/h9-10H,4-8H2,1-3H3,(H,17,18). The number of hydrogen-bond acceptors (Lipinski definition) is 3. The van der Waals surface area contributed by atoms with Crippen LogP contribution in [0.4, 0.5) is 0 Å². The minimum atomic E-state index is -1.04. The molecule has 108 valence electrons. The van der Waals surface area contributed by atoms with Gasteiger partial charge in [0.25, 0.3) is 0 Å². The molecule has 0 saturated carbocycles. The summed E-state index contributed by atoms with van der Waals surface area (Å²) >= 11 is 0. The average molecular weight is 270 g/mol. The molecular formula is C13H22N2O4. The van der Waals surface area contributed by atoms with Gasteiger partial charge < -0.3 is 14.9 Å². The molecule has 0 spiro atoms. The molecule has 1 aliphatic heterocycles. The van der Waals surface area contributed by atoms with Gasteiger partial charge in [-0.25, -0.2) is 0 Å². The largest absolute Gasteiger partial charge is 0.480 e. The Morgan fingerprint density at radius 2 is 2.00 bits per heavy atom. The van der Waals surface area contributed by atoms with Gasteiger partial charge in [-0.1, -0.05) is 13.8 Å². The highest BCUT2D eigenvalue weighted by molar-refractivity contribution is 5.90. The zero-order valence-corrected chi connectivity index (χ0v) is 11.8. The predicted octanol–water partition coefficient (Wildman–Crippen LogP) is 0.566. The Hall–Kier alpha value is -1.59. The first kappa shape index (κ1) is 15.5. The first-order chi connectivity index (χ1) is 8.90. The van der Waals surface area contributed by atoms with Gasteiger partial charge in [-0.3, -0.25) is 14.4 Å². The normalized spacial score (nSPS) is 19.1. The summed E-state index contributed by atoms with van der Waals surface area (Å²) in [7, 11) is 1.46. The van der Waals surface area contributed by atoms with Crippen molar-refractivity contribution in [1.82, 2.24) is 9.80 Å². The molecule has 1 fully saturated rings. The van der Waals surface area contributed by atoms with Gasteiger partial charge in [-0.15, -0.1) is 0 Å². The number of hydrogen-bond donors (Lipinski definition) is 1. The maximum absolute atomic E-state index is 12.1. The highest BCUT2D eigenvalue weighted by Crippen LogP contribution is 2.24. The van der Waals surface area contributed by atoms with E-state index in [1.807, 2.05) is 13.8 Å². The fourth-order valence-electron chi connectivity index (χ4n) is 2.57. The van der Waals surface area contributed by atoms with E-state index in [1.54, 1.807) is 4.90 Å². The second-order valence-corrected chi connectivity index (χ2v) is 5.01. The summed E-state index contributed by atoms with van der Waals surface area (Å²) in [5.74, 6) is -1.71. The molecular weight excluding hydrogens is 248 g/mol. The van der Waals surface area contributed by atoms with Crippen molar-refractivity contribution in [3.8, 4) is 0 Å². The van der Waals surface area contributed by atoms with E-state index in [-0.39, 0.29) is 30.8 Å². The van der Waals surface area contributed by atoms with Crippen molar-refractivity contribution in [2.45, 2.75) is 39.2 Å². The third-order valence-corrected chi connectivity index (χ3v) is 3.64. The number of likely N-dealkylation sites (tertiary alicyclic amines) is 1. The van der Waals surface area contributed by atoms with E-state index in [9.17, 15) is 14.4 Å². The molecule has 0 aromatic carbocycles. The molecule has 0 bridgehead atoms. The molecule has 6 heteroatoms. The summed E-state index contributed by atoms with van der Waals surface area (Å²) < 4.78 is 0. The first-order valence-electron chi connectivity index (χ1n) is 6.66. The van der Waals surface area contributed by atoms with Crippen LogP contribution in [0.2, 0.25) is 0 Å². The highest BCUT2D eigenvalue weighted by atomic mass is 16.4. The van der Waals surface area contributed by atoms with E-state index in [2.05, 4.69) is 0 Å². The number of rotatable bonds is 6. The van der Waals surface area contributed by atoms with E-state index in [1.165, 1.54) is 11.9 Å². The van der Waals surface area contributed by atoms with Crippen LogP contribution in [0.15, 0.2) is 0 Å². The molecule has 1 rings (SSSR count). The Balaban J connectivity index is 2.65. The number of aliphatic carboxylic acids is 1. The fraction of sp³-hybridized carbons (Fsp3) is 0.769. The fourth-order valence-corrected chi connectivity index (χ4v) is 2.57. The summed E-state index contributed by atoms with van der Waals surface area (Å²) in [4.78, 5) is 37.5. The number of nitrogens with zero attached hydrogens (tertiary/aromatic N) is 2. The van der Waals surface area contributed by atoms with Crippen LogP contribution in [-0.4, -0.2) is 58.9 Å². The average Bonchev–Trinajstić information content (AvgIpc) is 2.71. The molecule has 1 aliphatic rings. The van der Waals surface area contributed by atoms with Crippen molar-refractivity contribution in [1.29, 1.82) is 0 Å². The summed E-state index contributed by atoms with van der Waals surface area (Å²) in [6.07, 6.45) is 1.93. The number of amides is 2. The van der Waals surface area contributed by atoms with Crippen LogP contribution in [0.1, 0.15) is 33.1 Å². The smallest absolute Gasteiger partial charge is 0.323 e. The molecule has 19 heavy (non-hydrogen) atoms. The number of carbonyl (C=O) groups is 3. The Bertz CT molecular complexity index is 366. The van der Waals surface area contributed by atoms with Crippen molar-refractivity contribution in [3.05, 3.63) is 0 Å². The van der Waals surface area contributed by atoms with Crippen LogP contribution in [0.5, 0.6) is 0 Å². The maximum Gasteiger partial charge on any atom is 0.323 e. The lowest BCUT2D eigenvalue weighted by Crippen LogP contribution is -2.39. The van der Waals surface area contributed by atoms with E-state index >= 15 is 0 Å². The van der Waals surface area contributed by atoms with Gasteiger partial charge >= 0.3 is 5.97 Å². The highest BCUT2D eigenvalue weighted by Gasteiger charge is 2.38. The third-order valence-electron chi connectivity index (χ3n) is 3.64. The first-order valence-corrected chi connectivity index (χ1v) is 6.66. The second kappa shape index (κ2) is 6.54. The van der Waals surface area contributed by atoms with Crippen molar-refractivity contribution < 1.29 is 19.5 Å². The van der Waals surface area contributed by atoms with E-state index < -0.39 is 11.9 Å².